The number of hydrogen-bond donors (Lipinski definition) is 1. The summed E-state index contributed by atoms with van der Waals surface area (Å²) in [4.78, 5) is 69.6. The molecule has 0 aromatic carbocycles. The van der Waals surface area contributed by atoms with Gasteiger partial charge in [0.1, 0.15) is 11.6 Å². The van der Waals surface area contributed by atoms with Crippen LogP contribution in [0.2, 0.25) is 0 Å². The number of nitrogens with one attached hydrogen (secondary N) is 1. The van der Waals surface area contributed by atoms with Crippen LogP contribution in [0.3, 0.4) is 0 Å². The van der Waals surface area contributed by atoms with E-state index >= 15 is 0 Å². The van der Waals surface area contributed by atoms with Crippen molar-refractivity contribution in [3.05, 3.63) is 0 Å². The lowest BCUT2D eigenvalue weighted by molar-refractivity contribution is -0.161. The van der Waals surface area contributed by atoms with Crippen molar-refractivity contribution in [2.75, 3.05) is 39.3 Å². The van der Waals surface area contributed by atoms with Crippen molar-refractivity contribution in [1.82, 2.24) is 24.9 Å². The molecule has 3 saturated heterocycles. The number of urea groups is 1. The number of hydrogen-bond acceptors (Lipinski definition) is 5. The van der Waals surface area contributed by atoms with Crippen LogP contribution in [0.4, 0.5) is 4.79 Å². The molecule has 1 atom stereocenters. The Morgan fingerprint density at radius 3 is 2.25 bits per heavy atom. The number of likely N-dealkylation sites (tertiary alicyclic amines) is 1. The standard InChI is InChI=1S/C22H35N5O5/c1-5-9-27-17(28)16(14-15(3)4)23-20(31)22(27)7-10-25(11-8-22)21(32)26-13-12-24(6-2)18(29)19(26)30/h15-16H,5-14H2,1-4H3,(H,23,31). The molecule has 0 aromatic heterocycles. The van der Waals surface area contributed by atoms with Crippen LogP contribution < -0.4 is 5.32 Å². The largest absolute Gasteiger partial charge is 0.342 e. The van der Waals surface area contributed by atoms with E-state index in [-0.39, 0.29) is 37.4 Å². The number of rotatable bonds is 5. The molecular weight excluding hydrogens is 414 g/mol. The van der Waals surface area contributed by atoms with Crippen molar-refractivity contribution >= 4 is 29.7 Å². The number of piperazine rings is 2. The molecule has 0 aliphatic carbocycles. The van der Waals surface area contributed by atoms with Crippen molar-refractivity contribution in [3.8, 4) is 0 Å². The second-order valence-corrected chi connectivity index (χ2v) is 9.29. The quantitative estimate of drug-likeness (QED) is 0.612. The van der Waals surface area contributed by atoms with Crippen molar-refractivity contribution in [3.63, 3.8) is 0 Å². The zero-order valence-corrected chi connectivity index (χ0v) is 19.6. The Kier molecular flexibility index (Phi) is 7.09. The van der Waals surface area contributed by atoms with Crippen LogP contribution in [0.1, 0.15) is 53.4 Å². The minimum Gasteiger partial charge on any atom is -0.342 e. The van der Waals surface area contributed by atoms with Crippen LogP contribution in [0.15, 0.2) is 0 Å². The number of imide groups is 1. The van der Waals surface area contributed by atoms with E-state index in [0.29, 0.717) is 38.9 Å². The molecule has 3 aliphatic heterocycles. The van der Waals surface area contributed by atoms with E-state index in [1.54, 1.807) is 11.8 Å². The minimum absolute atomic E-state index is 0.0589. The van der Waals surface area contributed by atoms with Gasteiger partial charge in [-0.3, -0.25) is 24.1 Å². The number of amides is 6. The summed E-state index contributed by atoms with van der Waals surface area (Å²) in [5.74, 6) is -1.42. The monoisotopic (exact) mass is 449 g/mol. The number of carbonyl (C=O) groups excluding carboxylic acids is 5. The van der Waals surface area contributed by atoms with Gasteiger partial charge < -0.3 is 20.0 Å². The Morgan fingerprint density at radius 2 is 1.69 bits per heavy atom. The highest BCUT2D eigenvalue weighted by Crippen LogP contribution is 2.34. The normalized spacial score (nSPS) is 24.0. The highest BCUT2D eigenvalue weighted by Gasteiger charge is 2.54. The van der Waals surface area contributed by atoms with Gasteiger partial charge in [0.25, 0.3) is 0 Å². The van der Waals surface area contributed by atoms with Gasteiger partial charge in [-0.05, 0) is 38.5 Å². The maximum absolute atomic E-state index is 13.2. The summed E-state index contributed by atoms with van der Waals surface area (Å²) in [7, 11) is 0. The third kappa shape index (κ3) is 4.19. The Morgan fingerprint density at radius 1 is 1.03 bits per heavy atom. The van der Waals surface area contributed by atoms with Crippen LogP contribution >= 0.6 is 0 Å². The average Bonchev–Trinajstić information content (AvgIpc) is 2.76. The second kappa shape index (κ2) is 9.46. The van der Waals surface area contributed by atoms with Crippen molar-refractivity contribution in [2.45, 2.75) is 65.0 Å². The Bertz CT molecular complexity index is 790. The smallest absolute Gasteiger partial charge is 0.327 e. The van der Waals surface area contributed by atoms with Crippen LogP contribution in [0.25, 0.3) is 0 Å². The zero-order chi connectivity index (χ0) is 23.6. The molecule has 3 heterocycles. The first-order valence-electron chi connectivity index (χ1n) is 11.7. The van der Waals surface area contributed by atoms with E-state index in [2.05, 4.69) is 5.32 Å². The lowest BCUT2D eigenvalue weighted by Gasteiger charge is -2.52. The molecule has 10 nitrogen and oxygen atoms in total. The van der Waals surface area contributed by atoms with Gasteiger partial charge in [-0.1, -0.05) is 20.8 Å². The van der Waals surface area contributed by atoms with Gasteiger partial charge in [-0.15, -0.1) is 0 Å². The van der Waals surface area contributed by atoms with Gasteiger partial charge in [0.05, 0.1) is 0 Å². The van der Waals surface area contributed by atoms with E-state index in [0.717, 1.165) is 11.3 Å². The predicted octanol–water partition coefficient (Wildman–Crippen LogP) is 0.415. The first-order valence-corrected chi connectivity index (χ1v) is 11.7. The third-order valence-electron chi connectivity index (χ3n) is 6.75. The molecule has 0 bridgehead atoms. The molecule has 32 heavy (non-hydrogen) atoms. The first-order chi connectivity index (χ1) is 15.2. The Balaban J connectivity index is 1.72. The molecule has 178 valence electrons. The summed E-state index contributed by atoms with van der Waals surface area (Å²) < 4.78 is 0. The summed E-state index contributed by atoms with van der Waals surface area (Å²) in [5.41, 5.74) is -0.974. The molecule has 1 spiro atoms. The van der Waals surface area contributed by atoms with Gasteiger partial charge in [0.15, 0.2) is 0 Å². The molecule has 0 radical (unpaired) electrons. The van der Waals surface area contributed by atoms with E-state index in [1.807, 2.05) is 20.8 Å². The Hall–Kier alpha value is -2.65. The van der Waals surface area contributed by atoms with E-state index in [4.69, 9.17) is 0 Å². The van der Waals surface area contributed by atoms with Crippen LogP contribution in [0, 0.1) is 5.92 Å². The van der Waals surface area contributed by atoms with Gasteiger partial charge in [0, 0.05) is 39.3 Å². The third-order valence-corrected chi connectivity index (χ3v) is 6.75. The zero-order valence-electron chi connectivity index (χ0n) is 19.6. The fraction of sp³-hybridized carbons (Fsp3) is 0.773. The maximum atomic E-state index is 13.2. The summed E-state index contributed by atoms with van der Waals surface area (Å²) in [6.07, 6.45) is 1.94. The fourth-order valence-electron chi connectivity index (χ4n) is 4.95. The molecule has 1 N–H and O–H groups in total. The summed E-state index contributed by atoms with van der Waals surface area (Å²) >= 11 is 0. The molecule has 6 amide bonds. The maximum Gasteiger partial charge on any atom is 0.327 e. The lowest BCUT2D eigenvalue weighted by atomic mass is 9.81. The van der Waals surface area contributed by atoms with Crippen molar-refractivity contribution < 1.29 is 24.0 Å². The van der Waals surface area contributed by atoms with E-state index in [9.17, 15) is 24.0 Å². The fourth-order valence-corrected chi connectivity index (χ4v) is 4.95. The highest BCUT2D eigenvalue weighted by molar-refractivity contribution is 6.38. The number of carbonyl (C=O) groups is 5. The van der Waals surface area contributed by atoms with Crippen molar-refractivity contribution in [1.29, 1.82) is 0 Å². The van der Waals surface area contributed by atoms with Crippen molar-refractivity contribution in [2.24, 2.45) is 5.92 Å². The number of piperidine rings is 1. The average molecular weight is 450 g/mol. The highest BCUT2D eigenvalue weighted by atomic mass is 16.2. The second-order valence-electron chi connectivity index (χ2n) is 9.29. The molecule has 3 aliphatic rings. The van der Waals surface area contributed by atoms with E-state index < -0.39 is 29.4 Å². The van der Waals surface area contributed by atoms with Crippen LogP contribution in [-0.2, 0) is 19.2 Å². The van der Waals surface area contributed by atoms with Crippen LogP contribution in [0.5, 0.6) is 0 Å². The van der Waals surface area contributed by atoms with Gasteiger partial charge >= 0.3 is 17.8 Å². The van der Waals surface area contributed by atoms with Gasteiger partial charge in [-0.25, -0.2) is 4.79 Å². The van der Waals surface area contributed by atoms with E-state index in [1.165, 1.54) is 9.80 Å². The molecule has 1 unspecified atom stereocenters. The number of nitrogens with zero attached hydrogens (tertiary/aromatic N) is 4. The topological polar surface area (TPSA) is 110 Å². The molecule has 0 aromatic rings. The van der Waals surface area contributed by atoms with Gasteiger partial charge in [-0.2, -0.15) is 0 Å². The Labute approximate surface area is 189 Å². The summed E-state index contributed by atoms with van der Waals surface area (Å²) in [5, 5.41) is 2.93. The summed E-state index contributed by atoms with van der Waals surface area (Å²) in [6, 6.07) is -1.02. The molecule has 10 heteroatoms. The first kappa shape index (κ1) is 24.0. The summed E-state index contributed by atoms with van der Waals surface area (Å²) in [6.45, 7) is 9.68. The molecule has 3 fully saturated rings. The lowest BCUT2D eigenvalue weighted by Crippen LogP contribution is -2.73. The molecular formula is C22H35N5O5. The van der Waals surface area contributed by atoms with Crippen LogP contribution in [-0.4, -0.2) is 100 Å². The minimum atomic E-state index is -0.974. The molecule has 3 rings (SSSR count). The van der Waals surface area contributed by atoms with Gasteiger partial charge in [0.2, 0.25) is 11.8 Å². The predicted molar refractivity (Wildman–Crippen MR) is 116 cm³/mol. The SMILES string of the molecule is CCCN1C(=O)C(CC(C)C)NC(=O)C12CCN(C(=O)N1CCN(CC)C(=O)C1=O)CC2. The number of likely N-dealkylation sites (N-methyl/N-ethyl adjacent to an activating group) is 1. The molecule has 0 saturated carbocycles.